The van der Waals surface area contributed by atoms with Gasteiger partial charge in [0.05, 0.1) is 11.4 Å². The molecule has 10 heteroatoms. The predicted octanol–water partition coefficient (Wildman–Crippen LogP) is 3.21. The van der Waals surface area contributed by atoms with Gasteiger partial charge in [0.2, 0.25) is 11.1 Å². The molecule has 1 aromatic heterocycles. The number of benzene rings is 2. The molecule has 180 valence electrons. The van der Waals surface area contributed by atoms with E-state index in [9.17, 15) is 14.4 Å². The average molecular weight is 491 g/mol. The Kier molecular flexibility index (Phi) is 6.29. The van der Waals surface area contributed by atoms with Gasteiger partial charge in [0.1, 0.15) is 11.4 Å². The Labute approximate surface area is 207 Å². The van der Waals surface area contributed by atoms with Gasteiger partial charge in [0.15, 0.2) is 0 Å². The number of urea groups is 1. The molecule has 1 aliphatic heterocycles. The number of para-hydroxylation sites is 1. The van der Waals surface area contributed by atoms with E-state index in [4.69, 9.17) is 0 Å². The quantitative estimate of drug-likeness (QED) is 0.352. The van der Waals surface area contributed by atoms with E-state index in [1.54, 1.807) is 6.92 Å². The van der Waals surface area contributed by atoms with Crippen molar-refractivity contribution in [3.8, 4) is 5.69 Å². The van der Waals surface area contributed by atoms with Gasteiger partial charge in [-0.3, -0.25) is 15.0 Å². The summed E-state index contributed by atoms with van der Waals surface area (Å²) in [4.78, 5) is 42.6. The third-order valence-electron chi connectivity index (χ3n) is 6.14. The van der Waals surface area contributed by atoms with Gasteiger partial charge in [-0.25, -0.2) is 14.5 Å². The summed E-state index contributed by atoms with van der Waals surface area (Å²) in [6, 6.07) is 18.9. The summed E-state index contributed by atoms with van der Waals surface area (Å²) in [5.74, 6) is 0.294. The average Bonchev–Trinajstić information content (AvgIpc) is 3.60. The van der Waals surface area contributed by atoms with E-state index >= 15 is 0 Å². The number of nitrogens with zero attached hydrogens (tertiary/aromatic N) is 4. The van der Waals surface area contributed by atoms with E-state index in [0.717, 1.165) is 34.9 Å². The molecule has 0 bridgehead atoms. The highest BCUT2D eigenvalue weighted by molar-refractivity contribution is 7.99. The maximum absolute atomic E-state index is 12.9. The number of aryl methyl sites for hydroxylation is 1. The highest BCUT2D eigenvalue weighted by Gasteiger charge is 2.48. The van der Waals surface area contributed by atoms with Crippen LogP contribution in [0.5, 0.6) is 0 Å². The maximum atomic E-state index is 12.9. The largest absolute Gasteiger partial charge is 0.344 e. The van der Waals surface area contributed by atoms with Crippen LogP contribution in [0.2, 0.25) is 0 Å². The molecule has 2 N–H and O–H groups in total. The second-order valence-electron chi connectivity index (χ2n) is 8.99. The fourth-order valence-electron chi connectivity index (χ4n) is 4.01. The first-order chi connectivity index (χ1) is 16.9. The first-order valence-corrected chi connectivity index (χ1v) is 12.6. The van der Waals surface area contributed by atoms with Crippen LogP contribution in [-0.2, 0) is 16.0 Å². The van der Waals surface area contributed by atoms with Gasteiger partial charge in [-0.15, -0.1) is 5.10 Å². The molecule has 1 saturated heterocycles. The second kappa shape index (κ2) is 9.53. The van der Waals surface area contributed by atoms with Crippen LogP contribution in [0.25, 0.3) is 5.69 Å². The van der Waals surface area contributed by atoms with Crippen LogP contribution in [0.1, 0.15) is 43.5 Å². The monoisotopic (exact) mass is 490 g/mol. The number of imide groups is 1. The topological polar surface area (TPSA) is 109 Å². The molecule has 3 aromatic rings. The Hall–Kier alpha value is -3.66. The van der Waals surface area contributed by atoms with Crippen LogP contribution in [0.15, 0.2) is 65.8 Å². The Morgan fingerprint density at radius 2 is 1.80 bits per heavy atom. The molecule has 1 unspecified atom stereocenters. The van der Waals surface area contributed by atoms with Gasteiger partial charge < -0.3 is 5.32 Å². The number of carbonyl (C=O) groups is 3. The molecule has 1 atom stereocenters. The van der Waals surface area contributed by atoms with Gasteiger partial charge >= 0.3 is 6.03 Å². The van der Waals surface area contributed by atoms with Crippen LogP contribution in [0, 0.1) is 0 Å². The van der Waals surface area contributed by atoms with E-state index < -0.39 is 23.4 Å². The molecular formula is C25H26N6O3S. The molecule has 2 aliphatic rings. The molecule has 35 heavy (non-hydrogen) atoms. The van der Waals surface area contributed by atoms with Crippen molar-refractivity contribution in [2.24, 2.45) is 0 Å². The van der Waals surface area contributed by atoms with Crippen LogP contribution in [0.4, 0.5) is 4.79 Å². The number of hydrogen-bond acceptors (Lipinski definition) is 6. The zero-order chi connectivity index (χ0) is 24.4. The van der Waals surface area contributed by atoms with Crippen molar-refractivity contribution < 1.29 is 14.4 Å². The SMILES string of the molecule is CC1(CCc2ccccc2)NC(=O)N(NC(=O)CSc2nc(C3CC3)n(-c3ccccc3)n2)C1=O. The van der Waals surface area contributed by atoms with Gasteiger partial charge in [-0.05, 0) is 50.3 Å². The number of thioether (sulfide) groups is 1. The lowest BCUT2D eigenvalue weighted by Crippen LogP contribution is -2.49. The van der Waals surface area contributed by atoms with Crippen molar-refractivity contribution in [3.63, 3.8) is 0 Å². The standard InChI is InChI=1S/C25H26N6O3S/c1-25(15-14-17-8-4-2-5-9-17)22(33)31(24(34)27-25)28-20(32)16-35-23-26-21(18-12-13-18)30(29-23)19-10-6-3-7-11-19/h2-11,18H,12-16H2,1H3,(H,27,34)(H,28,32). The lowest BCUT2D eigenvalue weighted by atomic mass is 9.93. The van der Waals surface area contributed by atoms with Crippen LogP contribution >= 0.6 is 11.8 Å². The first kappa shape index (κ1) is 23.1. The summed E-state index contributed by atoms with van der Waals surface area (Å²) in [5, 5.41) is 8.56. The zero-order valence-electron chi connectivity index (χ0n) is 19.3. The van der Waals surface area contributed by atoms with Gasteiger partial charge in [-0.1, -0.05) is 60.3 Å². The molecule has 2 heterocycles. The molecule has 4 amide bonds. The molecule has 2 aromatic carbocycles. The summed E-state index contributed by atoms with van der Waals surface area (Å²) in [6.45, 7) is 1.68. The number of nitrogens with one attached hydrogen (secondary N) is 2. The van der Waals surface area contributed by atoms with Crippen LogP contribution in [-0.4, -0.2) is 48.9 Å². The third-order valence-corrected chi connectivity index (χ3v) is 6.98. The lowest BCUT2D eigenvalue weighted by molar-refractivity contribution is -0.138. The van der Waals surface area contributed by atoms with E-state index in [-0.39, 0.29) is 5.75 Å². The minimum Gasteiger partial charge on any atom is -0.322 e. The van der Waals surface area contributed by atoms with Crippen molar-refractivity contribution in [3.05, 3.63) is 72.1 Å². The minimum absolute atomic E-state index is 0.0271. The number of hydrogen-bond donors (Lipinski definition) is 2. The number of carbonyl (C=O) groups excluding carboxylic acids is 3. The second-order valence-corrected chi connectivity index (χ2v) is 9.93. The molecule has 0 spiro atoms. The highest BCUT2D eigenvalue weighted by Crippen LogP contribution is 2.40. The number of hydrazine groups is 1. The van der Waals surface area contributed by atoms with Gasteiger partial charge in [-0.2, -0.15) is 5.01 Å². The Morgan fingerprint density at radius 3 is 2.49 bits per heavy atom. The molecule has 1 saturated carbocycles. The van der Waals surface area contributed by atoms with E-state index in [2.05, 4.69) is 20.8 Å². The highest BCUT2D eigenvalue weighted by atomic mass is 32.2. The summed E-state index contributed by atoms with van der Waals surface area (Å²) < 4.78 is 1.83. The molecule has 0 radical (unpaired) electrons. The van der Waals surface area contributed by atoms with E-state index in [1.807, 2.05) is 65.3 Å². The smallest absolute Gasteiger partial charge is 0.322 e. The molecule has 1 aliphatic carbocycles. The lowest BCUT2D eigenvalue weighted by Gasteiger charge is -2.21. The number of rotatable bonds is 9. The fraction of sp³-hybridized carbons (Fsp3) is 0.320. The normalized spacial score (nSPS) is 19.6. The Balaban J connectivity index is 1.19. The Morgan fingerprint density at radius 1 is 1.11 bits per heavy atom. The van der Waals surface area contributed by atoms with Crippen molar-refractivity contribution in [1.29, 1.82) is 0 Å². The van der Waals surface area contributed by atoms with Crippen molar-refractivity contribution in [2.75, 3.05) is 5.75 Å². The third kappa shape index (κ3) is 5.07. The van der Waals surface area contributed by atoms with Crippen molar-refractivity contribution >= 4 is 29.6 Å². The summed E-state index contributed by atoms with van der Waals surface area (Å²) in [5.41, 5.74) is 3.35. The zero-order valence-corrected chi connectivity index (χ0v) is 20.1. The Bertz CT molecular complexity index is 1240. The molecule has 2 fully saturated rings. The van der Waals surface area contributed by atoms with Crippen molar-refractivity contribution in [1.82, 2.24) is 30.5 Å². The van der Waals surface area contributed by atoms with E-state index in [1.165, 1.54) is 11.8 Å². The number of amides is 4. The predicted molar refractivity (Wildman–Crippen MR) is 131 cm³/mol. The summed E-state index contributed by atoms with van der Waals surface area (Å²) >= 11 is 1.17. The molecular weight excluding hydrogens is 464 g/mol. The van der Waals surface area contributed by atoms with Crippen LogP contribution in [0.3, 0.4) is 0 Å². The van der Waals surface area contributed by atoms with Gasteiger partial charge in [0.25, 0.3) is 5.91 Å². The fourth-order valence-corrected chi connectivity index (χ4v) is 4.63. The van der Waals surface area contributed by atoms with Crippen molar-refractivity contribution in [2.45, 2.75) is 49.2 Å². The summed E-state index contributed by atoms with van der Waals surface area (Å²) in [7, 11) is 0. The molecule has 5 rings (SSSR count). The molecule has 9 nitrogen and oxygen atoms in total. The summed E-state index contributed by atoms with van der Waals surface area (Å²) in [6.07, 6.45) is 3.20. The van der Waals surface area contributed by atoms with E-state index in [0.29, 0.717) is 23.9 Å². The minimum atomic E-state index is -1.08. The number of aromatic nitrogens is 3. The maximum Gasteiger partial charge on any atom is 0.344 e. The first-order valence-electron chi connectivity index (χ1n) is 11.6. The van der Waals surface area contributed by atoms with Gasteiger partial charge in [0, 0.05) is 5.92 Å². The van der Waals surface area contributed by atoms with Crippen LogP contribution < -0.4 is 10.7 Å².